The quantitative estimate of drug-likeness (QED) is 0.732. The van der Waals surface area contributed by atoms with E-state index in [2.05, 4.69) is 41.7 Å². The Labute approximate surface area is 147 Å². The highest BCUT2D eigenvalue weighted by molar-refractivity contribution is 5.63. The first kappa shape index (κ1) is 16.3. The molecule has 0 aliphatic rings. The van der Waals surface area contributed by atoms with Gasteiger partial charge in [-0.2, -0.15) is 10.5 Å². The Morgan fingerprint density at radius 3 is 1.88 bits per heavy atom. The average molecular weight is 323 g/mol. The van der Waals surface area contributed by atoms with E-state index in [1.165, 1.54) is 0 Å². The van der Waals surface area contributed by atoms with E-state index in [4.69, 9.17) is 5.26 Å². The van der Waals surface area contributed by atoms with Gasteiger partial charge in [0.1, 0.15) is 6.07 Å². The van der Waals surface area contributed by atoms with Crippen LogP contribution < -0.4 is 5.32 Å². The second-order valence-corrected chi connectivity index (χ2v) is 5.69. The van der Waals surface area contributed by atoms with Crippen LogP contribution in [0.4, 0.5) is 5.69 Å². The number of anilines is 1. The summed E-state index contributed by atoms with van der Waals surface area (Å²) in [5, 5.41) is 22.1. The topological polar surface area (TPSA) is 59.6 Å². The molecule has 0 fully saturated rings. The molecule has 3 aromatic rings. The van der Waals surface area contributed by atoms with Crippen molar-refractivity contribution in [1.29, 1.82) is 10.5 Å². The maximum atomic E-state index is 9.58. The second-order valence-electron chi connectivity index (χ2n) is 5.69. The summed E-state index contributed by atoms with van der Waals surface area (Å²) >= 11 is 0. The fourth-order valence-corrected chi connectivity index (χ4v) is 2.89. The molecule has 0 aromatic heterocycles. The molecule has 0 saturated heterocycles. The van der Waals surface area contributed by atoms with Crippen molar-refractivity contribution in [2.75, 3.05) is 5.32 Å². The van der Waals surface area contributed by atoms with Gasteiger partial charge in [-0.3, -0.25) is 0 Å². The van der Waals surface area contributed by atoms with Gasteiger partial charge in [0.05, 0.1) is 29.8 Å². The highest BCUT2D eigenvalue weighted by Crippen LogP contribution is 2.29. The first-order chi connectivity index (χ1) is 12.3. The molecule has 0 amide bonds. The molecule has 25 heavy (non-hydrogen) atoms. The Hall–Kier alpha value is -3.56. The zero-order valence-electron chi connectivity index (χ0n) is 13.7. The molecule has 0 bridgehead atoms. The van der Waals surface area contributed by atoms with Crippen molar-refractivity contribution < 1.29 is 0 Å². The maximum Gasteiger partial charge on any atom is 0.102 e. The van der Waals surface area contributed by atoms with Gasteiger partial charge in [-0.1, -0.05) is 72.8 Å². The highest BCUT2D eigenvalue weighted by Gasteiger charge is 2.16. The molecular weight excluding hydrogens is 306 g/mol. The highest BCUT2D eigenvalue weighted by atomic mass is 14.9. The van der Waals surface area contributed by atoms with Gasteiger partial charge in [0, 0.05) is 0 Å². The Kier molecular flexibility index (Phi) is 5.10. The van der Waals surface area contributed by atoms with E-state index in [0.717, 1.165) is 22.4 Å². The molecule has 3 aromatic carbocycles. The summed E-state index contributed by atoms with van der Waals surface area (Å²) in [6, 6.07) is 30.1. The molecule has 0 heterocycles. The molecule has 0 spiro atoms. The molecule has 1 N–H and O–H groups in total. The monoisotopic (exact) mass is 323 g/mol. The summed E-state index contributed by atoms with van der Waals surface area (Å²) in [6.45, 7) is 0. The predicted molar refractivity (Wildman–Crippen MR) is 98.8 cm³/mol. The average Bonchev–Trinajstić information content (AvgIpc) is 2.68. The zero-order valence-corrected chi connectivity index (χ0v) is 13.7. The molecule has 0 unspecified atom stereocenters. The van der Waals surface area contributed by atoms with Crippen LogP contribution in [0, 0.1) is 22.7 Å². The lowest BCUT2D eigenvalue weighted by molar-refractivity contribution is 0.937. The number of rotatable bonds is 5. The van der Waals surface area contributed by atoms with Crippen LogP contribution in [0.3, 0.4) is 0 Å². The minimum Gasteiger partial charge on any atom is -0.373 e. The Morgan fingerprint density at radius 1 is 0.760 bits per heavy atom. The van der Waals surface area contributed by atoms with E-state index in [9.17, 15) is 5.26 Å². The largest absolute Gasteiger partial charge is 0.373 e. The maximum absolute atomic E-state index is 9.58. The summed E-state index contributed by atoms with van der Waals surface area (Å²) in [5.74, 6) is 0. The lowest BCUT2D eigenvalue weighted by atomic mass is 9.97. The fraction of sp³-hybridized carbons (Fsp3) is 0.0909. The number of nitriles is 2. The lowest BCUT2D eigenvalue weighted by Crippen LogP contribution is -2.13. The molecule has 3 heteroatoms. The van der Waals surface area contributed by atoms with Crippen molar-refractivity contribution in [3.05, 3.63) is 101 Å². The van der Waals surface area contributed by atoms with Crippen molar-refractivity contribution in [2.24, 2.45) is 0 Å². The first-order valence-corrected chi connectivity index (χ1v) is 8.09. The molecule has 0 aliphatic carbocycles. The van der Waals surface area contributed by atoms with Crippen LogP contribution in [-0.2, 0) is 6.42 Å². The standard InChI is InChI=1S/C22H17N3/c23-15-14-17-12-7-13-21(20(17)16-24)25-22(18-8-3-1-4-9-18)19-10-5-2-6-11-19/h1-13,22,25H,14H2. The van der Waals surface area contributed by atoms with Crippen molar-refractivity contribution >= 4 is 5.69 Å². The van der Waals surface area contributed by atoms with Crippen LogP contribution >= 0.6 is 0 Å². The van der Waals surface area contributed by atoms with Crippen LogP contribution in [0.15, 0.2) is 78.9 Å². The van der Waals surface area contributed by atoms with Crippen LogP contribution in [0.2, 0.25) is 0 Å². The minimum atomic E-state index is -0.0770. The molecule has 0 aliphatic heterocycles. The number of nitrogens with one attached hydrogen (secondary N) is 1. The van der Waals surface area contributed by atoms with Gasteiger partial charge in [-0.05, 0) is 22.8 Å². The molecule has 3 rings (SSSR count). The van der Waals surface area contributed by atoms with Gasteiger partial charge in [0.2, 0.25) is 0 Å². The summed E-state index contributed by atoms with van der Waals surface area (Å²) in [4.78, 5) is 0. The normalized spacial score (nSPS) is 10.0. The number of hydrogen-bond acceptors (Lipinski definition) is 3. The van der Waals surface area contributed by atoms with Crippen molar-refractivity contribution in [3.63, 3.8) is 0 Å². The van der Waals surface area contributed by atoms with E-state index < -0.39 is 0 Å². The first-order valence-electron chi connectivity index (χ1n) is 8.09. The summed E-state index contributed by atoms with van der Waals surface area (Å²) < 4.78 is 0. The summed E-state index contributed by atoms with van der Waals surface area (Å²) in [7, 11) is 0. The zero-order chi connectivity index (χ0) is 17.5. The minimum absolute atomic E-state index is 0.0770. The molecular formula is C22H17N3. The van der Waals surface area contributed by atoms with Crippen molar-refractivity contribution in [3.8, 4) is 12.1 Å². The third-order valence-corrected chi connectivity index (χ3v) is 4.10. The lowest BCUT2D eigenvalue weighted by Gasteiger charge is -2.22. The van der Waals surface area contributed by atoms with Gasteiger partial charge >= 0.3 is 0 Å². The van der Waals surface area contributed by atoms with E-state index >= 15 is 0 Å². The van der Waals surface area contributed by atoms with Gasteiger partial charge < -0.3 is 5.32 Å². The van der Waals surface area contributed by atoms with Crippen LogP contribution in [0.1, 0.15) is 28.3 Å². The number of hydrogen-bond donors (Lipinski definition) is 1. The summed E-state index contributed by atoms with van der Waals surface area (Å²) in [6.07, 6.45) is 0.222. The molecule has 0 saturated carbocycles. The van der Waals surface area contributed by atoms with Gasteiger partial charge in [0.25, 0.3) is 0 Å². The van der Waals surface area contributed by atoms with E-state index in [0.29, 0.717) is 5.56 Å². The number of nitrogens with zero attached hydrogens (tertiary/aromatic N) is 2. The van der Waals surface area contributed by atoms with E-state index in [1.807, 2.05) is 54.6 Å². The van der Waals surface area contributed by atoms with Crippen LogP contribution in [0.25, 0.3) is 0 Å². The Balaban J connectivity index is 2.04. The second kappa shape index (κ2) is 7.81. The van der Waals surface area contributed by atoms with Gasteiger partial charge in [-0.15, -0.1) is 0 Å². The SMILES string of the molecule is N#CCc1cccc(NC(c2ccccc2)c2ccccc2)c1C#N. The van der Waals surface area contributed by atoms with Crippen molar-refractivity contribution in [2.45, 2.75) is 12.5 Å². The summed E-state index contributed by atoms with van der Waals surface area (Å²) in [5.41, 5.74) is 4.25. The molecule has 3 nitrogen and oxygen atoms in total. The third-order valence-electron chi connectivity index (χ3n) is 4.10. The van der Waals surface area contributed by atoms with Gasteiger partial charge in [-0.25, -0.2) is 0 Å². The Bertz CT molecular complexity index is 879. The number of benzene rings is 3. The van der Waals surface area contributed by atoms with Crippen LogP contribution in [-0.4, -0.2) is 0 Å². The molecule has 0 atom stereocenters. The van der Waals surface area contributed by atoms with E-state index in [1.54, 1.807) is 0 Å². The molecule has 120 valence electrons. The van der Waals surface area contributed by atoms with Gasteiger partial charge in [0.15, 0.2) is 0 Å². The van der Waals surface area contributed by atoms with Crippen molar-refractivity contribution in [1.82, 2.24) is 0 Å². The smallest absolute Gasteiger partial charge is 0.102 e. The van der Waals surface area contributed by atoms with Crippen LogP contribution in [0.5, 0.6) is 0 Å². The third kappa shape index (κ3) is 3.68. The van der Waals surface area contributed by atoms with E-state index in [-0.39, 0.29) is 12.5 Å². The predicted octanol–water partition coefficient (Wildman–Crippen LogP) is 4.83. The molecule has 0 radical (unpaired) electrons. The fourth-order valence-electron chi connectivity index (χ4n) is 2.89. The Morgan fingerprint density at radius 2 is 1.36 bits per heavy atom.